The van der Waals surface area contributed by atoms with Crippen molar-refractivity contribution in [2.24, 2.45) is 5.73 Å². The van der Waals surface area contributed by atoms with Gasteiger partial charge in [0.2, 0.25) is 0 Å². The van der Waals surface area contributed by atoms with Crippen molar-refractivity contribution in [1.82, 2.24) is 4.90 Å². The van der Waals surface area contributed by atoms with Gasteiger partial charge in [0, 0.05) is 32.1 Å². The average molecular weight is 182 g/mol. The summed E-state index contributed by atoms with van der Waals surface area (Å²) in [6, 6.07) is 0.105. The lowest BCUT2D eigenvalue weighted by atomic mass is 10.1. The summed E-state index contributed by atoms with van der Waals surface area (Å²) in [5.41, 5.74) is 5.77. The molecular weight excluding hydrogens is 164 g/mol. The van der Waals surface area contributed by atoms with Crippen molar-refractivity contribution in [3.05, 3.63) is 0 Å². The lowest BCUT2D eigenvalue weighted by molar-refractivity contribution is -0.0368. The van der Waals surface area contributed by atoms with Gasteiger partial charge in [0.05, 0.1) is 12.7 Å². The van der Waals surface area contributed by atoms with Crippen LogP contribution in [-0.2, 0) is 4.74 Å². The molecule has 1 aliphatic heterocycles. The monoisotopic (exact) mass is 182 g/mol. The summed E-state index contributed by atoms with van der Waals surface area (Å²) in [6.07, 6.45) is 6.19. The lowest BCUT2D eigenvalue weighted by Gasteiger charge is -2.34. The maximum atomic E-state index is 5.77. The number of rotatable bonds is 3. The van der Waals surface area contributed by atoms with E-state index in [9.17, 15) is 0 Å². The first kappa shape index (κ1) is 10.5. The molecule has 0 aromatic heterocycles. The lowest BCUT2D eigenvalue weighted by Crippen LogP contribution is -2.49. The molecule has 74 valence electrons. The molecule has 0 amide bonds. The number of ether oxygens (including phenoxy) is 1. The summed E-state index contributed by atoms with van der Waals surface area (Å²) >= 11 is 0. The largest absolute Gasteiger partial charge is 0.374 e. The van der Waals surface area contributed by atoms with Crippen molar-refractivity contribution in [2.45, 2.75) is 25.5 Å². The van der Waals surface area contributed by atoms with Crippen LogP contribution < -0.4 is 5.73 Å². The molecule has 0 spiro atoms. The Morgan fingerprint density at radius 3 is 3.15 bits per heavy atom. The van der Waals surface area contributed by atoms with Gasteiger partial charge in [-0.05, 0) is 6.92 Å². The molecular formula is C10H18N2O. The van der Waals surface area contributed by atoms with Gasteiger partial charge in [-0.2, -0.15) is 0 Å². The van der Waals surface area contributed by atoms with Gasteiger partial charge in [0.15, 0.2) is 0 Å². The third kappa shape index (κ3) is 3.35. The second-order valence-corrected chi connectivity index (χ2v) is 3.52. The van der Waals surface area contributed by atoms with Crippen LogP contribution in [0.15, 0.2) is 0 Å². The van der Waals surface area contributed by atoms with Gasteiger partial charge in [-0.1, -0.05) is 0 Å². The van der Waals surface area contributed by atoms with E-state index in [-0.39, 0.29) is 12.1 Å². The highest BCUT2D eigenvalue weighted by Crippen LogP contribution is 2.07. The molecule has 1 aliphatic rings. The minimum Gasteiger partial charge on any atom is -0.374 e. The molecule has 1 fully saturated rings. The number of terminal acetylenes is 1. The van der Waals surface area contributed by atoms with E-state index in [1.54, 1.807) is 0 Å². The van der Waals surface area contributed by atoms with Crippen LogP contribution in [0.4, 0.5) is 0 Å². The standard InChI is InChI=1S/C10H18N2O/c1-3-4-5-12-6-7-13-10(8-12)9(2)11/h1,9-10H,4-8,11H2,2H3. The van der Waals surface area contributed by atoms with Crippen LogP contribution in [0.3, 0.4) is 0 Å². The third-order valence-corrected chi connectivity index (χ3v) is 2.34. The Hall–Kier alpha value is -0.560. The van der Waals surface area contributed by atoms with Gasteiger partial charge in [-0.3, -0.25) is 4.90 Å². The van der Waals surface area contributed by atoms with E-state index in [0.717, 1.165) is 32.7 Å². The molecule has 0 saturated carbocycles. The zero-order chi connectivity index (χ0) is 9.68. The van der Waals surface area contributed by atoms with Gasteiger partial charge in [-0.15, -0.1) is 12.3 Å². The molecule has 1 saturated heterocycles. The van der Waals surface area contributed by atoms with E-state index < -0.39 is 0 Å². The Bertz CT molecular complexity index is 186. The van der Waals surface area contributed by atoms with Gasteiger partial charge in [0.1, 0.15) is 0 Å². The van der Waals surface area contributed by atoms with Crippen LogP contribution in [0.5, 0.6) is 0 Å². The molecule has 2 unspecified atom stereocenters. The van der Waals surface area contributed by atoms with E-state index >= 15 is 0 Å². The topological polar surface area (TPSA) is 38.5 Å². The Balaban J connectivity index is 2.29. The van der Waals surface area contributed by atoms with E-state index in [4.69, 9.17) is 16.9 Å². The van der Waals surface area contributed by atoms with E-state index in [1.165, 1.54) is 0 Å². The van der Waals surface area contributed by atoms with Gasteiger partial charge in [-0.25, -0.2) is 0 Å². The second kappa shape index (κ2) is 5.23. The molecule has 0 aliphatic carbocycles. The molecule has 0 radical (unpaired) electrons. The number of nitrogens with zero attached hydrogens (tertiary/aromatic N) is 1. The van der Waals surface area contributed by atoms with Crippen molar-refractivity contribution in [2.75, 3.05) is 26.2 Å². The number of nitrogens with two attached hydrogens (primary N) is 1. The highest BCUT2D eigenvalue weighted by molar-refractivity contribution is 4.86. The summed E-state index contributed by atoms with van der Waals surface area (Å²) in [5, 5.41) is 0. The van der Waals surface area contributed by atoms with E-state index in [0.29, 0.717) is 0 Å². The fourth-order valence-corrected chi connectivity index (χ4v) is 1.48. The van der Waals surface area contributed by atoms with Crippen LogP contribution in [0.1, 0.15) is 13.3 Å². The minimum absolute atomic E-state index is 0.105. The SMILES string of the molecule is C#CCCN1CCOC(C(C)N)C1. The van der Waals surface area contributed by atoms with E-state index in [1.807, 2.05) is 6.92 Å². The van der Waals surface area contributed by atoms with E-state index in [2.05, 4.69) is 10.8 Å². The first-order valence-electron chi connectivity index (χ1n) is 4.77. The smallest absolute Gasteiger partial charge is 0.0850 e. The number of morpholine rings is 1. The highest BCUT2D eigenvalue weighted by Gasteiger charge is 2.22. The summed E-state index contributed by atoms with van der Waals surface area (Å²) in [5.74, 6) is 2.65. The fourth-order valence-electron chi connectivity index (χ4n) is 1.48. The molecule has 2 N–H and O–H groups in total. The summed E-state index contributed by atoms with van der Waals surface area (Å²) in [7, 11) is 0. The molecule has 0 aromatic rings. The Labute approximate surface area is 80.2 Å². The Kier molecular flexibility index (Phi) is 4.23. The minimum atomic E-state index is 0.105. The van der Waals surface area contributed by atoms with Crippen LogP contribution in [0.2, 0.25) is 0 Å². The summed E-state index contributed by atoms with van der Waals surface area (Å²) in [4.78, 5) is 2.32. The quantitative estimate of drug-likeness (QED) is 0.627. The molecule has 3 heteroatoms. The van der Waals surface area contributed by atoms with Gasteiger partial charge >= 0.3 is 0 Å². The third-order valence-electron chi connectivity index (χ3n) is 2.34. The molecule has 1 rings (SSSR count). The summed E-state index contributed by atoms with van der Waals surface area (Å²) in [6.45, 7) is 5.61. The predicted octanol–water partition coefficient (Wildman–Crippen LogP) is 0.0577. The Morgan fingerprint density at radius 1 is 1.77 bits per heavy atom. The zero-order valence-electron chi connectivity index (χ0n) is 8.20. The van der Waals surface area contributed by atoms with Crippen molar-refractivity contribution in [1.29, 1.82) is 0 Å². The fraction of sp³-hybridized carbons (Fsp3) is 0.800. The van der Waals surface area contributed by atoms with Gasteiger partial charge in [0.25, 0.3) is 0 Å². The highest BCUT2D eigenvalue weighted by atomic mass is 16.5. The van der Waals surface area contributed by atoms with Crippen molar-refractivity contribution < 1.29 is 4.74 Å². The van der Waals surface area contributed by atoms with Crippen LogP contribution >= 0.6 is 0 Å². The first-order valence-corrected chi connectivity index (χ1v) is 4.77. The second-order valence-electron chi connectivity index (χ2n) is 3.52. The predicted molar refractivity (Wildman–Crippen MR) is 53.3 cm³/mol. The first-order chi connectivity index (χ1) is 6.24. The molecule has 0 aromatic carbocycles. The number of hydrogen-bond acceptors (Lipinski definition) is 3. The molecule has 0 bridgehead atoms. The van der Waals surface area contributed by atoms with Crippen LogP contribution in [0, 0.1) is 12.3 Å². The van der Waals surface area contributed by atoms with Crippen LogP contribution in [0.25, 0.3) is 0 Å². The van der Waals surface area contributed by atoms with Crippen molar-refractivity contribution >= 4 is 0 Å². The number of hydrogen-bond donors (Lipinski definition) is 1. The normalized spacial score (nSPS) is 26.7. The zero-order valence-corrected chi connectivity index (χ0v) is 8.20. The maximum absolute atomic E-state index is 5.77. The average Bonchev–Trinajstić information content (AvgIpc) is 2.15. The Morgan fingerprint density at radius 2 is 2.54 bits per heavy atom. The maximum Gasteiger partial charge on any atom is 0.0850 e. The van der Waals surface area contributed by atoms with Crippen molar-refractivity contribution in [3.8, 4) is 12.3 Å². The van der Waals surface area contributed by atoms with Crippen molar-refractivity contribution in [3.63, 3.8) is 0 Å². The van der Waals surface area contributed by atoms with Gasteiger partial charge < -0.3 is 10.5 Å². The summed E-state index contributed by atoms with van der Waals surface area (Å²) < 4.78 is 5.53. The molecule has 3 nitrogen and oxygen atoms in total. The molecule has 1 heterocycles. The van der Waals surface area contributed by atoms with Crippen LogP contribution in [-0.4, -0.2) is 43.3 Å². The molecule has 13 heavy (non-hydrogen) atoms. The molecule has 2 atom stereocenters.